The first-order valence-electron chi connectivity index (χ1n) is 9.23. The summed E-state index contributed by atoms with van der Waals surface area (Å²) >= 11 is 4.69. The third-order valence-corrected chi connectivity index (χ3v) is 5.48. The van der Waals surface area contributed by atoms with Gasteiger partial charge in [0.05, 0.1) is 10.9 Å². The summed E-state index contributed by atoms with van der Waals surface area (Å²) in [6, 6.07) is 15.1. The van der Waals surface area contributed by atoms with Crippen molar-refractivity contribution in [1.29, 1.82) is 0 Å². The fourth-order valence-electron chi connectivity index (χ4n) is 3.56. The summed E-state index contributed by atoms with van der Waals surface area (Å²) in [5, 5.41) is 2.46. The average Bonchev–Trinajstić information content (AvgIpc) is 3.36. The molecule has 4 rings (SSSR count). The van der Waals surface area contributed by atoms with E-state index in [1.807, 2.05) is 0 Å². The van der Waals surface area contributed by atoms with Crippen LogP contribution in [-0.2, 0) is 12.8 Å². The van der Waals surface area contributed by atoms with Crippen LogP contribution in [0.3, 0.4) is 0 Å². The largest absolute Gasteiger partial charge is 0.199 e. The summed E-state index contributed by atoms with van der Waals surface area (Å²) in [5.41, 5.74) is 7.12. The van der Waals surface area contributed by atoms with Crippen molar-refractivity contribution in [2.24, 2.45) is 16.8 Å². The van der Waals surface area contributed by atoms with E-state index in [1.165, 1.54) is 29.5 Å². The summed E-state index contributed by atoms with van der Waals surface area (Å²) in [7, 11) is 0. The van der Waals surface area contributed by atoms with Gasteiger partial charge in [0, 0.05) is 11.1 Å². The van der Waals surface area contributed by atoms with Gasteiger partial charge in [-0.2, -0.15) is 4.99 Å². The molecule has 0 radical (unpaired) electrons. The molecule has 0 aromatic heterocycles. The van der Waals surface area contributed by atoms with Crippen molar-refractivity contribution < 1.29 is 0 Å². The van der Waals surface area contributed by atoms with E-state index in [1.54, 1.807) is 0 Å². The van der Waals surface area contributed by atoms with E-state index < -0.39 is 0 Å². The van der Waals surface area contributed by atoms with Gasteiger partial charge in [-0.3, -0.25) is 0 Å². The number of benzene rings is 2. The van der Waals surface area contributed by atoms with E-state index >= 15 is 0 Å². The van der Waals surface area contributed by atoms with Crippen LogP contribution in [0.1, 0.15) is 47.6 Å². The molecule has 2 unspecified atom stereocenters. The fraction of sp³-hybridized carbons (Fsp3) is 0.292. The first-order chi connectivity index (χ1) is 12.7. The van der Waals surface area contributed by atoms with Gasteiger partial charge in [0.2, 0.25) is 0 Å². The lowest BCUT2D eigenvalue weighted by atomic mass is 9.94. The van der Waals surface area contributed by atoms with Gasteiger partial charge in [-0.05, 0) is 96.8 Å². The molecule has 128 valence electrons. The van der Waals surface area contributed by atoms with Crippen molar-refractivity contribution in [3.05, 3.63) is 76.0 Å². The predicted octanol–water partition coefficient (Wildman–Crippen LogP) is 5.67. The lowest BCUT2D eigenvalue weighted by Gasteiger charge is -2.13. The van der Waals surface area contributed by atoms with E-state index in [4.69, 9.17) is 12.2 Å². The maximum absolute atomic E-state index is 4.69. The Morgan fingerprint density at radius 2 is 1.77 bits per heavy atom. The molecule has 2 aliphatic rings. The number of isothiocyanates is 1. The molecule has 26 heavy (non-hydrogen) atoms. The second-order valence-electron chi connectivity index (χ2n) is 7.38. The second-order valence-corrected chi connectivity index (χ2v) is 7.56. The standard InChI is InChI=1S/C24H21NS/c1-17-12-23(17)14-19-5-2-18(3-6-19)4-7-20-8-9-22-15-24(25-16-26)11-10-21(22)13-20/h2-3,5-6,8-9,13,15,17,23H,10-12,14H2,1H3. The van der Waals surface area contributed by atoms with Crippen molar-refractivity contribution in [2.45, 2.75) is 32.6 Å². The van der Waals surface area contributed by atoms with Crippen LogP contribution in [-0.4, -0.2) is 5.16 Å². The quantitative estimate of drug-likeness (QED) is 0.392. The van der Waals surface area contributed by atoms with Gasteiger partial charge >= 0.3 is 0 Å². The SMILES string of the molecule is CC1CC1Cc1ccc(C#Cc2ccc3c(c2)CCC(N=C=S)=C3)cc1. The lowest BCUT2D eigenvalue weighted by Crippen LogP contribution is -1.98. The van der Waals surface area contributed by atoms with Crippen molar-refractivity contribution in [1.82, 2.24) is 0 Å². The summed E-state index contributed by atoms with van der Waals surface area (Å²) in [5.74, 6) is 8.40. The molecule has 1 saturated carbocycles. The molecule has 0 saturated heterocycles. The Kier molecular flexibility index (Phi) is 4.85. The Bertz CT molecular complexity index is 966. The highest BCUT2D eigenvalue weighted by molar-refractivity contribution is 7.78. The third kappa shape index (κ3) is 4.02. The topological polar surface area (TPSA) is 12.4 Å². The normalized spacial score (nSPS) is 20.1. The molecule has 2 atom stereocenters. The van der Waals surface area contributed by atoms with Crippen molar-refractivity contribution in [3.63, 3.8) is 0 Å². The molecule has 0 bridgehead atoms. The molecule has 0 amide bonds. The molecule has 1 nitrogen and oxygen atoms in total. The monoisotopic (exact) mass is 355 g/mol. The Morgan fingerprint density at radius 3 is 2.50 bits per heavy atom. The number of fused-ring (bicyclic) bond motifs is 1. The number of hydrogen-bond acceptors (Lipinski definition) is 2. The highest BCUT2D eigenvalue weighted by atomic mass is 32.1. The van der Waals surface area contributed by atoms with E-state index in [9.17, 15) is 0 Å². The first-order valence-corrected chi connectivity index (χ1v) is 9.64. The second kappa shape index (κ2) is 7.42. The average molecular weight is 356 g/mol. The van der Waals surface area contributed by atoms with E-state index in [-0.39, 0.29) is 0 Å². The van der Waals surface area contributed by atoms with Gasteiger partial charge in [-0.25, -0.2) is 0 Å². The van der Waals surface area contributed by atoms with Gasteiger partial charge in [0.25, 0.3) is 0 Å². The predicted molar refractivity (Wildman–Crippen MR) is 111 cm³/mol. The number of allylic oxidation sites excluding steroid dienone is 1. The van der Waals surface area contributed by atoms with Gasteiger partial charge in [-0.15, -0.1) is 0 Å². The molecule has 2 aromatic rings. The Hall–Kier alpha value is -2.46. The molecule has 0 spiro atoms. The molecule has 1 fully saturated rings. The summed E-state index contributed by atoms with van der Waals surface area (Å²) in [6.45, 7) is 2.34. The zero-order valence-corrected chi connectivity index (χ0v) is 15.8. The van der Waals surface area contributed by atoms with Crippen molar-refractivity contribution in [2.75, 3.05) is 0 Å². The van der Waals surface area contributed by atoms with Gasteiger partial charge in [-0.1, -0.05) is 37.0 Å². The highest BCUT2D eigenvalue weighted by Crippen LogP contribution is 2.40. The van der Waals surface area contributed by atoms with E-state index in [0.29, 0.717) is 0 Å². The number of aryl methyl sites for hydroxylation is 1. The van der Waals surface area contributed by atoms with Crippen LogP contribution >= 0.6 is 12.2 Å². The number of thiocarbonyl (C=S) groups is 1. The Morgan fingerprint density at radius 1 is 1.04 bits per heavy atom. The molecule has 0 heterocycles. The van der Waals surface area contributed by atoms with Crippen LogP contribution in [0.25, 0.3) is 6.08 Å². The molecule has 0 N–H and O–H groups in total. The van der Waals surface area contributed by atoms with E-state index in [2.05, 4.69) is 77.5 Å². The van der Waals surface area contributed by atoms with Crippen LogP contribution in [0.5, 0.6) is 0 Å². The minimum Gasteiger partial charge on any atom is -0.199 e. The molecular formula is C24H21NS. The molecular weight excluding hydrogens is 334 g/mol. The lowest BCUT2D eigenvalue weighted by molar-refractivity contribution is 0.747. The minimum atomic E-state index is 0.895. The van der Waals surface area contributed by atoms with Crippen molar-refractivity contribution >= 4 is 23.5 Å². The van der Waals surface area contributed by atoms with Gasteiger partial charge in [0.1, 0.15) is 0 Å². The summed E-state index contributed by atoms with van der Waals surface area (Å²) < 4.78 is 0. The Labute approximate surface area is 160 Å². The third-order valence-electron chi connectivity index (χ3n) is 5.38. The summed E-state index contributed by atoms with van der Waals surface area (Å²) in [4.78, 5) is 4.11. The maximum Gasteiger partial charge on any atom is 0.0637 e. The van der Waals surface area contributed by atoms with Crippen LogP contribution in [0.4, 0.5) is 0 Å². The smallest absolute Gasteiger partial charge is 0.0637 e. The zero-order chi connectivity index (χ0) is 17.9. The molecule has 2 aromatic carbocycles. The highest BCUT2D eigenvalue weighted by Gasteiger charge is 2.31. The fourth-order valence-corrected chi connectivity index (χ4v) is 3.67. The van der Waals surface area contributed by atoms with Gasteiger partial charge < -0.3 is 0 Å². The zero-order valence-electron chi connectivity index (χ0n) is 15.0. The number of hydrogen-bond donors (Lipinski definition) is 0. The minimum absolute atomic E-state index is 0.895. The maximum atomic E-state index is 4.69. The molecule has 0 aliphatic heterocycles. The van der Waals surface area contributed by atoms with Crippen LogP contribution in [0.15, 0.2) is 53.2 Å². The number of aliphatic imine (C=N–C) groups is 1. The Balaban J connectivity index is 1.47. The van der Waals surface area contributed by atoms with Crippen LogP contribution < -0.4 is 0 Å². The number of nitrogens with zero attached hydrogens (tertiary/aromatic N) is 1. The summed E-state index contributed by atoms with van der Waals surface area (Å²) in [6.07, 6.45) is 6.58. The first kappa shape index (κ1) is 17.0. The van der Waals surface area contributed by atoms with Crippen LogP contribution in [0.2, 0.25) is 0 Å². The molecule has 2 heteroatoms. The van der Waals surface area contributed by atoms with Gasteiger partial charge in [0.15, 0.2) is 0 Å². The van der Waals surface area contributed by atoms with Crippen molar-refractivity contribution in [3.8, 4) is 11.8 Å². The number of rotatable bonds is 3. The van der Waals surface area contributed by atoms with Crippen LogP contribution in [0, 0.1) is 23.7 Å². The molecule has 2 aliphatic carbocycles. The van der Waals surface area contributed by atoms with E-state index in [0.717, 1.165) is 41.5 Å².